The standard InChI is InChI=1S/C21H20FN3O2/c1-12-17(18-10-14(22)4-9-19(18)23-12)11-20(26)24-15-5-7-16(8-6-15)25-21(27)13-2-3-13/h4-10,13,23H,2-3,11H2,1H3,(H,24,26)(H,25,27). The summed E-state index contributed by atoms with van der Waals surface area (Å²) < 4.78 is 13.5. The molecule has 0 aliphatic heterocycles. The maximum atomic E-state index is 13.5. The van der Waals surface area contributed by atoms with Crippen LogP contribution in [0.5, 0.6) is 0 Å². The molecule has 0 radical (unpaired) electrons. The van der Waals surface area contributed by atoms with Crippen LogP contribution in [0.3, 0.4) is 0 Å². The Bertz CT molecular complexity index is 1020. The monoisotopic (exact) mass is 365 g/mol. The minimum absolute atomic E-state index is 0.0498. The van der Waals surface area contributed by atoms with Crippen molar-refractivity contribution in [3.8, 4) is 0 Å². The Hall–Kier alpha value is -3.15. The topological polar surface area (TPSA) is 74.0 Å². The number of aromatic amines is 1. The van der Waals surface area contributed by atoms with E-state index in [1.807, 2.05) is 6.92 Å². The lowest BCUT2D eigenvalue weighted by Gasteiger charge is -2.08. The molecule has 4 rings (SSSR count). The molecule has 1 aliphatic carbocycles. The average Bonchev–Trinajstić information content (AvgIpc) is 3.44. The summed E-state index contributed by atoms with van der Waals surface area (Å²) in [6.07, 6.45) is 2.06. The van der Waals surface area contributed by atoms with Gasteiger partial charge in [0.05, 0.1) is 6.42 Å². The van der Waals surface area contributed by atoms with Crippen molar-refractivity contribution in [2.24, 2.45) is 5.92 Å². The second-order valence-corrected chi connectivity index (χ2v) is 6.98. The third-order valence-electron chi connectivity index (χ3n) is 4.80. The molecule has 2 aromatic carbocycles. The summed E-state index contributed by atoms with van der Waals surface area (Å²) >= 11 is 0. The van der Waals surface area contributed by atoms with Crippen molar-refractivity contribution in [1.82, 2.24) is 4.98 Å². The molecule has 5 nitrogen and oxygen atoms in total. The summed E-state index contributed by atoms with van der Waals surface area (Å²) in [6.45, 7) is 1.87. The zero-order valence-corrected chi connectivity index (χ0v) is 14.9. The lowest BCUT2D eigenvalue weighted by molar-refractivity contribution is -0.117. The van der Waals surface area contributed by atoms with Crippen molar-refractivity contribution in [3.63, 3.8) is 0 Å². The van der Waals surface area contributed by atoms with E-state index in [0.29, 0.717) is 11.4 Å². The molecule has 0 spiro atoms. The average molecular weight is 365 g/mol. The largest absolute Gasteiger partial charge is 0.358 e. The predicted molar refractivity (Wildman–Crippen MR) is 103 cm³/mol. The van der Waals surface area contributed by atoms with Gasteiger partial charge in [-0.2, -0.15) is 0 Å². The van der Waals surface area contributed by atoms with E-state index in [-0.39, 0.29) is 30.0 Å². The van der Waals surface area contributed by atoms with Gasteiger partial charge in [-0.25, -0.2) is 4.39 Å². The summed E-state index contributed by atoms with van der Waals surface area (Å²) in [7, 11) is 0. The summed E-state index contributed by atoms with van der Waals surface area (Å²) in [5.74, 6) is -0.313. The fraction of sp³-hybridized carbons (Fsp3) is 0.238. The van der Waals surface area contributed by atoms with E-state index >= 15 is 0 Å². The number of aryl methyl sites for hydroxylation is 1. The van der Waals surface area contributed by atoms with E-state index in [4.69, 9.17) is 0 Å². The Kier molecular flexibility index (Phi) is 4.39. The van der Waals surface area contributed by atoms with Crippen LogP contribution >= 0.6 is 0 Å². The Morgan fingerprint density at radius 2 is 1.74 bits per heavy atom. The first-order valence-electron chi connectivity index (χ1n) is 8.97. The number of H-pyrrole nitrogens is 1. The van der Waals surface area contributed by atoms with Crippen molar-refractivity contribution < 1.29 is 14.0 Å². The number of hydrogen-bond acceptors (Lipinski definition) is 2. The van der Waals surface area contributed by atoms with Crippen LogP contribution in [0.2, 0.25) is 0 Å². The summed E-state index contributed by atoms with van der Waals surface area (Å²) in [4.78, 5) is 27.4. The fourth-order valence-corrected chi connectivity index (χ4v) is 3.17. The first-order chi connectivity index (χ1) is 13.0. The number of carbonyl (C=O) groups excluding carboxylic acids is 2. The molecule has 3 N–H and O–H groups in total. The second kappa shape index (κ2) is 6.87. The highest BCUT2D eigenvalue weighted by atomic mass is 19.1. The number of fused-ring (bicyclic) bond motifs is 1. The van der Waals surface area contributed by atoms with Gasteiger partial charge in [0.25, 0.3) is 0 Å². The summed E-state index contributed by atoms with van der Waals surface area (Å²) in [5, 5.41) is 6.43. The Labute approximate surface area is 156 Å². The fourth-order valence-electron chi connectivity index (χ4n) is 3.17. The van der Waals surface area contributed by atoms with Crippen LogP contribution in [0, 0.1) is 18.7 Å². The van der Waals surface area contributed by atoms with Gasteiger partial charge in [-0.3, -0.25) is 9.59 Å². The van der Waals surface area contributed by atoms with E-state index < -0.39 is 0 Å². The van der Waals surface area contributed by atoms with Gasteiger partial charge in [0.2, 0.25) is 11.8 Å². The lowest BCUT2D eigenvalue weighted by Crippen LogP contribution is -2.15. The van der Waals surface area contributed by atoms with Gasteiger partial charge in [-0.1, -0.05) is 0 Å². The molecule has 3 aromatic rings. The van der Waals surface area contributed by atoms with Crippen molar-refractivity contribution in [3.05, 3.63) is 59.5 Å². The molecular weight excluding hydrogens is 345 g/mol. The number of aromatic nitrogens is 1. The van der Waals surface area contributed by atoms with Gasteiger partial charge in [0.15, 0.2) is 0 Å². The SMILES string of the molecule is Cc1[nH]c2ccc(F)cc2c1CC(=O)Nc1ccc(NC(=O)C2CC2)cc1. The van der Waals surface area contributed by atoms with Crippen molar-refractivity contribution in [2.45, 2.75) is 26.2 Å². The van der Waals surface area contributed by atoms with Gasteiger partial charge in [0, 0.05) is 33.9 Å². The van der Waals surface area contributed by atoms with E-state index in [1.165, 1.54) is 12.1 Å². The van der Waals surface area contributed by atoms with E-state index in [1.54, 1.807) is 30.3 Å². The van der Waals surface area contributed by atoms with Gasteiger partial charge in [-0.15, -0.1) is 0 Å². The molecular formula is C21H20FN3O2. The molecule has 1 fully saturated rings. The quantitative estimate of drug-likeness (QED) is 0.636. The number of rotatable bonds is 5. The first kappa shape index (κ1) is 17.3. The van der Waals surface area contributed by atoms with E-state index in [9.17, 15) is 14.0 Å². The molecule has 138 valence electrons. The van der Waals surface area contributed by atoms with Crippen LogP contribution < -0.4 is 10.6 Å². The van der Waals surface area contributed by atoms with Gasteiger partial charge < -0.3 is 15.6 Å². The van der Waals surface area contributed by atoms with Gasteiger partial charge >= 0.3 is 0 Å². The molecule has 0 unspecified atom stereocenters. The minimum Gasteiger partial charge on any atom is -0.358 e. The van der Waals surface area contributed by atoms with Gasteiger partial charge in [0.1, 0.15) is 5.82 Å². The van der Waals surface area contributed by atoms with Crippen LogP contribution in [0.1, 0.15) is 24.1 Å². The zero-order chi connectivity index (χ0) is 19.0. The highest BCUT2D eigenvalue weighted by molar-refractivity contribution is 5.97. The number of benzene rings is 2. The summed E-state index contributed by atoms with van der Waals surface area (Å²) in [5.41, 5.74) is 3.81. The van der Waals surface area contributed by atoms with E-state index in [0.717, 1.165) is 35.0 Å². The van der Waals surface area contributed by atoms with Crippen LogP contribution in [0.4, 0.5) is 15.8 Å². The highest BCUT2D eigenvalue weighted by Crippen LogP contribution is 2.30. The van der Waals surface area contributed by atoms with Crippen LogP contribution in [0.25, 0.3) is 10.9 Å². The first-order valence-corrected chi connectivity index (χ1v) is 8.97. The number of amides is 2. The second-order valence-electron chi connectivity index (χ2n) is 6.98. The maximum absolute atomic E-state index is 13.5. The molecule has 0 atom stereocenters. The van der Waals surface area contributed by atoms with E-state index in [2.05, 4.69) is 15.6 Å². The number of carbonyl (C=O) groups is 2. The maximum Gasteiger partial charge on any atom is 0.228 e. The molecule has 27 heavy (non-hydrogen) atoms. The number of anilines is 2. The van der Waals surface area contributed by atoms with Crippen LogP contribution in [-0.2, 0) is 16.0 Å². The molecule has 1 aromatic heterocycles. The third-order valence-corrected chi connectivity index (χ3v) is 4.80. The normalized spacial score (nSPS) is 13.6. The van der Waals surface area contributed by atoms with Crippen molar-refractivity contribution in [1.29, 1.82) is 0 Å². The number of hydrogen-bond donors (Lipinski definition) is 3. The molecule has 0 saturated heterocycles. The molecule has 0 bridgehead atoms. The minimum atomic E-state index is -0.327. The zero-order valence-electron chi connectivity index (χ0n) is 14.9. The molecule has 1 heterocycles. The highest BCUT2D eigenvalue weighted by Gasteiger charge is 2.29. The molecule has 1 aliphatic rings. The number of halogens is 1. The smallest absolute Gasteiger partial charge is 0.228 e. The molecule has 6 heteroatoms. The molecule has 1 saturated carbocycles. The van der Waals surface area contributed by atoms with Crippen molar-refractivity contribution in [2.75, 3.05) is 10.6 Å². The predicted octanol–water partition coefficient (Wildman–Crippen LogP) is 4.15. The lowest BCUT2D eigenvalue weighted by atomic mass is 10.1. The van der Waals surface area contributed by atoms with Crippen molar-refractivity contribution >= 4 is 34.1 Å². The van der Waals surface area contributed by atoms with Crippen LogP contribution in [0.15, 0.2) is 42.5 Å². The Morgan fingerprint density at radius 1 is 1.07 bits per heavy atom. The van der Waals surface area contributed by atoms with Crippen LogP contribution in [-0.4, -0.2) is 16.8 Å². The Balaban J connectivity index is 1.43. The Morgan fingerprint density at radius 3 is 2.41 bits per heavy atom. The van der Waals surface area contributed by atoms with Gasteiger partial charge in [-0.05, 0) is 67.8 Å². The third kappa shape index (κ3) is 3.84. The number of nitrogens with one attached hydrogen (secondary N) is 3. The summed E-state index contributed by atoms with van der Waals surface area (Å²) in [6, 6.07) is 11.5. The molecule has 2 amide bonds.